The molecule has 0 spiro atoms. The number of aromatic nitrogens is 2. The van der Waals surface area contributed by atoms with E-state index >= 15 is 0 Å². The number of carbonyl (C=O) groups excluding carboxylic acids is 1. The summed E-state index contributed by atoms with van der Waals surface area (Å²) >= 11 is 0. The molecule has 5 nitrogen and oxygen atoms in total. The molecule has 1 aliphatic rings. The van der Waals surface area contributed by atoms with Gasteiger partial charge >= 0.3 is 0 Å². The van der Waals surface area contributed by atoms with E-state index in [0.29, 0.717) is 24.7 Å². The van der Waals surface area contributed by atoms with Gasteiger partial charge in [0.05, 0.1) is 5.92 Å². The number of amides is 1. The van der Waals surface area contributed by atoms with E-state index in [2.05, 4.69) is 17.1 Å². The Morgan fingerprint density at radius 1 is 1.29 bits per heavy atom. The highest BCUT2D eigenvalue weighted by atomic mass is 16.5. The third-order valence-corrected chi connectivity index (χ3v) is 4.59. The zero-order valence-electron chi connectivity index (χ0n) is 14.3. The fourth-order valence-electron chi connectivity index (χ4n) is 3.20. The molecule has 0 unspecified atom stereocenters. The Hall–Kier alpha value is -2.17. The molecule has 1 saturated heterocycles. The lowest BCUT2D eigenvalue weighted by Gasteiger charge is -2.31. The zero-order chi connectivity index (χ0) is 16.8. The molecule has 24 heavy (non-hydrogen) atoms. The lowest BCUT2D eigenvalue weighted by Crippen LogP contribution is -2.39. The van der Waals surface area contributed by atoms with Crippen LogP contribution in [0.4, 0.5) is 0 Å². The van der Waals surface area contributed by atoms with Crippen LogP contribution in [0.2, 0.25) is 0 Å². The van der Waals surface area contributed by atoms with Gasteiger partial charge in [-0.3, -0.25) is 4.79 Å². The van der Waals surface area contributed by atoms with Crippen molar-refractivity contribution >= 4 is 5.91 Å². The van der Waals surface area contributed by atoms with E-state index in [9.17, 15) is 4.79 Å². The van der Waals surface area contributed by atoms with E-state index in [1.54, 1.807) is 0 Å². The number of hydrogen-bond donors (Lipinski definition) is 0. The molecule has 128 valence electrons. The monoisotopic (exact) mass is 327 g/mol. The van der Waals surface area contributed by atoms with Crippen LogP contribution >= 0.6 is 0 Å². The van der Waals surface area contributed by atoms with E-state index in [0.717, 1.165) is 44.2 Å². The second kappa shape index (κ2) is 8.08. The SMILES string of the molecule is CCCCCC(=O)N1CCC[C@@H](c2nc(-c3ccccc3)no2)C1. The number of hydrogen-bond acceptors (Lipinski definition) is 4. The number of piperidine rings is 1. The molecule has 0 radical (unpaired) electrons. The Kier molecular flexibility index (Phi) is 5.62. The highest BCUT2D eigenvalue weighted by Crippen LogP contribution is 2.28. The second-order valence-electron chi connectivity index (χ2n) is 6.46. The van der Waals surface area contributed by atoms with Gasteiger partial charge in [-0.05, 0) is 19.3 Å². The summed E-state index contributed by atoms with van der Waals surface area (Å²) < 4.78 is 5.49. The van der Waals surface area contributed by atoms with Gasteiger partial charge < -0.3 is 9.42 Å². The van der Waals surface area contributed by atoms with Crippen LogP contribution in [0.25, 0.3) is 11.4 Å². The Morgan fingerprint density at radius 3 is 2.92 bits per heavy atom. The number of unbranched alkanes of at least 4 members (excludes halogenated alkanes) is 2. The molecule has 0 bridgehead atoms. The van der Waals surface area contributed by atoms with Crippen molar-refractivity contribution in [3.63, 3.8) is 0 Å². The van der Waals surface area contributed by atoms with E-state index in [1.165, 1.54) is 0 Å². The van der Waals surface area contributed by atoms with Crippen LogP contribution in [0.3, 0.4) is 0 Å². The molecule has 1 aliphatic heterocycles. The van der Waals surface area contributed by atoms with Crippen molar-refractivity contribution < 1.29 is 9.32 Å². The average Bonchev–Trinajstić information content (AvgIpc) is 3.13. The summed E-state index contributed by atoms with van der Waals surface area (Å²) in [6.07, 6.45) is 5.88. The van der Waals surface area contributed by atoms with Gasteiger partial charge in [-0.2, -0.15) is 4.98 Å². The smallest absolute Gasteiger partial charge is 0.231 e. The van der Waals surface area contributed by atoms with E-state index in [-0.39, 0.29) is 11.8 Å². The average molecular weight is 327 g/mol. The summed E-state index contributed by atoms with van der Waals surface area (Å²) in [6.45, 7) is 3.70. The molecule has 1 atom stereocenters. The first-order valence-corrected chi connectivity index (χ1v) is 8.94. The van der Waals surface area contributed by atoms with Crippen LogP contribution in [0, 0.1) is 0 Å². The second-order valence-corrected chi connectivity index (χ2v) is 6.46. The van der Waals surface area contributed by atoms with E-state index < -0.39 is 0 Å². The molecule has 1 aromatic carbocycles. The van der Waals surface area contributed by atoms with Crippen molar-refractivity contribution in [2.45, 2.75) is 51.4 Å². The van der Waals surface area contributed by atoms with Crippen molar-refractivity contribution in [1.82, 2.24) is 15.0 Å². The standard InChI is InChI=1S/C19H25N3O2/c1-2-3-5-12-17(23)22-13-8-11-16(14-22)19-20-18(21-24-19)15-9-6-4-7-10-15/h4,6-7,9-10,16H,2-3,5,8,11-14H2,1H3/t16-/m1/s1. The van der Waals surface area contributed by atoms with Gasteiger partial charge in [-0.1, -0.05) is 55.3 Å². The summed E-state index contributed by atoms with van der Waals surface area (Å²) in [5, 5.41) is 4.10. The van der Waals surface area contributed by atoms with Crippen molar-refractivity contribution in [3.05, 3.63) is 36.2 Å². The molecule has 5 heteroatoms. The van der Waals surface area contributed by atoms with E-state index in [4.69, 9.17) is 4.52 Å². The Bertz CT molecular complexity index is 654. The molecular formula is C19H25N3O2. The summed E-state index contributed by atoms with van der Waals surface area (Å²) in [4.78, 5) is 18.9. The van der Waals surface area contributed by atoms with Gasteiger partial charge in [0.15, 0.2) is 0 Å². The number of nitrogens with zero attached hydrogens (tertiary/aromatic N) is 3. The largest absolute Gasteiger partial charge is 0.342 e. The summed E-state index contributed by atoms with van der Waals surface area (Å²) in [5.74, 6) is 1.69. The van der Waals surface area contributed by atoms with Crippen LogP contribution in [0.1, 0.15) is 57.3 Å². The van der Waals surface area contributed by atoms with Crippen molar-refractivity contribution in [2.75, 3.05) is 13.1 Å². The minimum atomic E-state index is 0.152. The molecule has 2 aromatic rings. The topological polar surface area (TPSA) is 59.2 Å². The van der Waals surface area contributed by atoms with Gasteiger partial charge in [0.2, 0.25) is 17.6 Å². The predicted molar refractivity (Wildman–Crippen MR) is 92.4 cm³/mol. The van der Waals surface area contributed by atoms with E-state index in [1.807, 2.05) is 35.2 Å². The first-order chi connectivity index (χ1) is 11.8. The predicted octanol–water partition coefficient (Wildman–Crippen LogP) is 4.02. The minimum Gasteiger partial charge on any atom is -0.342 e. The number of likely N-dealkylation sites (tertiary alicyclic amines) is 1. The number of benzene rings is 1. The first-order valence-electron chi connectivity index (χ1n) is 8.94. The van der Waals surface area contributed by atoms with Gasteiger partial charge in [0, 0.05) is 25.1 Å². The third kappa shape index (κ3) is 4.02. The summed E-state index contributed by atoms with van der Waals surface area (Å²) in [7, 11) is 0. The highest BCUT2D eigenvalue weighted by Gasteiger charge is 2.28. The van der Waals surface area contributed by atoms with Crippen molar-refractivity contribution in [1.29, 1.82) is 0 Å². The molecule has 0 saturated carbocycles. The van der Waals surface area contributed by atoms with Crippen molar-refractivity contribution in [3.8, 4) is 11.4 Å². The van der Waals surface area contributed by atoms with Crippen LogP contribution in [-0.4, -0.2) is 34.0 Å². The maximum Gasteiger partial charge on any atom is 0.231 e. The van der Waals surface area contributed by atoms with Crippen LogP contribution < -0.4 is 0 Å². The molecule has 2 heterocycles. The highest BCUT2D eigenvalue weighted by molar-refractivity contribution is 5.76. The Morgan fingerprint density at radius 2 is 2.12 bits per heavy atom. The minimum absolute atomic E-state index is 0.152. The molecule has 1 amide bonds. The quantitative estimate of drug-likeness (QED) is 0.752. The lowest BCUT2D eigenvalue weighted by atomic mass is 9.97. The molecule has 0 aliphatic carbocycles. The maximum atomic E-state index is 12.3. The van der Waals surface area contributed by atoms with Crippen molar-refractivity contribution in [2.24, 2.45) is 0 Å². The van der Waals surface area contributed by atoms with Gasteiger partial charge in [-0.15, -0.1) is 0 Å². The zero-order valence-corrected chi connectivity index (χ0v) is 14.3. The molecule has 3 rings (SSSR count). The fourth-order valence-corrected chi connectivity index (χ4v) is 3.20. The van der Waals surface area contributed by atoms with Crippen LogP contribution in [-0.2, 0) is 4.79 Å². The fraction of sp³-hybridized carbons (Fsp3) is 0.526. The number of rotatable bonds is 6. The summed E-state index contributed by atoms with van der Waals surface area (Å²) in [5.41, 5.74) is 0.954. The van der Waals surface area contributed by atoms with Gasteiger partial charge in [-0.25, -0.2) is 0 Å². The lowest BCUT2D eigenvalue weighted by molar-refractivity contribution is -0.132. The summed E-state index contributed by atoms with van der Waals surface area (Å²) in [6, 6.07) is 9.83. The van der Waals surface area contributed by atoms with Gasteiger partial charge in [0.25, 0.3) is 0 Å². The van der Waals surface area contributed by atoms with Crippen LogP contribution in [0.5, 0.6) is 0 Å². The van der Waals surface area contributed by atoms with Crippen LogP contribution in [0.15, 0.2) is 34.9 Å². The maximum absolute atomic E-state index is 12.3. The molecule has 1 aromatic heterocycles. The number of carbonyl (C=O) groups is 1. The molecule has 1 fully saturated rings. The third-order valence-electron chi connectivity index (χ3n) is 4.59. The Labute approximate surface area is 143 Å². The normalized spacial score (nSPS) is 17.9. The Balaban J connectivity index is 1.63. The van der Waals surface area contributed by atoms with Gasteiger partial charge in [0.1, 0.15) is 0 Å². The molecular weight excluding hydrogens is 302 g/mol. The first kappa shape index (κ1) is 16.7. The molecule has 0 N–H and O–H groups in total.